The van der Waals surface area contributed by atoms with Gasteiger partial charge in [0.2, 0.25) is 0 Å². The molecule has 0 aliphatic carbocycles. The van der Waals surface area contributed by atoms with Crippen molar-refractivity contribution >= 4 is 0 Å². The summed E-state index contributed by atoms with van der Waals surface area (Å²) in [5.41, 5.74) is 0. The fraction of sp³-hybridized carbons (Fsp3) is 1.00. The first-order valence-corrected chi connectivity index (χ1v) is 32.2. The SMILES string of the molecule is CCCCCCCC[N+](CCCCCCCC)(CCCCCCCC)CCCCCCCC.CCCCCCCC[N+](CCCCCCCC)(CCCCCCCC)CCCCCCCC.[F-].[F-]. The van der Waals surface area contributed by atoms with Gasteiger partial charge < -0.3 is 18.4 Å². The van der Waals surface area contributed by atoms with Crippen molar-refractivity contribution in [2.45, 2.75) is 364 Å². The zero-order valence-electron chi connectivity index (χ0n) is 49.2. The molecule has 0 unspecified atom stereocenters. The van der Waals surface area contributed by atoms with Crippen molar-refractivity contribution in [3.63, 3.8) is 0 Å². The van der Waals surface area contributed by atoms with Crippen molar-refractivity contribution in [1.29, 1.82) is 0 Å². The molecular formula is C64H136F2N2. The minimum Gasteiger partial charge on any atom is -1.00 e. The lowest BCUT2D eigenvalue weighted by Crippen LogP contribution is -3.00. The Balaban J connectivity index is -0.000000585. The molecule has 0 aromatic heterocycles. The Morgan fingerprint density at radius 3 is 0.324 bits per heavy atom. The van der Waals surface area contributed by atoms with Crippen LogP contribution in [0.5, 0.6) is 0 Å². The molecule has 0 spiro atoms. The van der Waals surface area contributed by atoms with Gasteiger partial charge in [0.1, 0.15) is 0 Å². The van der Waals surface area contributed by atoms with Crippen LogP contribution in [0.4, 0.5) is 0 Å². The first-order valence-electron chi connectivity index (χ1n) is 32.2. The van der Waals surface area contributed by atoms with Crippen molar-refractivity contribution in [3.05, 3.63) is 0 Å². The predicted octanol–water partition coefficient (Wildman–Crippen LogP) is 16.5. The van der Waals surface area contributed by atoms with Gasteiger partial charge in [0.05, 0.1) is 52.4 Å². The summed E-state index contributed by atoms with van der Waals surface area (Å²) in [6.07, 6.45) is 69.5. The third-order valence-electron chi connectivity index (χ3n) is 15.9. The van der Waals surface area contributed by atoms with E-state index in [0.29, 0.717) is 0 Å². The molecule has 0 radical (unpaired) electrons. The Kier molecular flexibility index (Phi) is 68.7. The molecule has 0 aromatic carbocycles. The van der Waals surface area contributed by atoms with Crippen LogP contribution in [-0.4, -0.2) is 61.3 Å². The summed E-state index contributed by atoms with van der Waals surface area (Å²) in [4.78, 5) is 0. The molecule has 68 heavy (non-hydrogen) atoms. The predicted molar refractivity (Wildman–Crippen MR) is 306 cm³/mol. The fourth-order valence-corrected chi connectivity index (χ4v) is 11.2. The van der Waals surface area contributed by atoms with E-state index in [4.69, 9.17) is 0 Å². The van der Waals surface area contributed by atoms with Crippen LogP contribution in [0.2, 0.25) is 0 Å². The van der Waals surface area contributed by atoms with Crippen LogP contribution < -0.4 is 9.41 Å². The van der Waals surface area contributed by atoms with Gasteiger partial charge in [-0.25, -0.2) is 0 Å². The summed E-state index contributed by atoms with van der Waals surface area (Å²) in [7, 11) is 0. The summed E-state index contributed by atoms with van der Waals surface area (Å²) in [5.74, 6) is 0. The summed E-state index contributed by atoms with van der Waals surface area (Å²) in [6.45, 7) is 30.5. The molecule has 0 saturated carbocycles. The third-order valence-corrected chi connectivity index (χ3v) is 15.9. The number of halogens is 2. The fourth-order valence-electron chi connectivity index (χ4n) is 11.2. The average molecular weight is 972 g/mol. The van der Waals surface area contributed by atoms with Gasteiger partial charge in [-0.15, -0.1) is 0 Å². The molecule has 416 valence electrons. The second-order valence-corrected chi connectivity index (χ2v) is 22.6. The quantitative estimate of drug-likeness (QED) is 0.0421. The Hall–Kier alpha value is -0.220. The molecule has 0 aliphatic heterocycles. The second kappa shape index (κ2) is 62.9. The van der Waals surface area contributed by atoms with Crippen molar-refractivity contribution < 1.29 is 18.4 Å². The van der Waals surface area contributed by atoms with Gasteiger partial charge in [0.15, 0.2) is 0 Å². The smallest absolute Gasteiger partial charge is 0.0786 e. The van der Waals surface area contributed by atoms with Crippen LogP contribution in [0.3, 0.4) is 0 Å². The maximum absolute atomic E-state index is 2.34. The normalized spacial score (nSPS) is 11.6. The van der Waals surface area contributed by atoms with E-state index in [0.717, 1.165) is 0 Å². The number of hydrogen-bond acceptors (Lipinski definition) is 0. The standard InChI is InChI=1S/2C32H68N.2FH/c2*1-5-9-13-17-21-25-29-33(30-26-22-18-14-10-6-2,31-27-23-19-15-11-7-3)32-28-24-20-16-12-8-4;;/h2*5-32H2,1-4H3;2*1H/q2*+1;;/p-2. The van der Waals surface area contributed by atoms with Gasteiger partial charge in [-0.2, -0.15) is 0 Å². The van der Waals surface area contributed by atoms with Gasteiger partial charge in [0.25, 0.3) is 0 Å². The first-order chi connectivity index (χ1) is 32.5. The summed E-state index contributed by atoms with van der Waals surface area (Å²) in [5, 5.41) is 0. The van der Waals surface area contributed by atoms with E-state index in [-0.39, 0.29) is 9.41 Å². The number of nitrogens with zero attached hydrogens (tertiary/aromatic N) is 2. The molecule has 0 amide bonds. The van der Waals surface area contributed by atoms with Crippen LogP contribution >= 0.6 is 0 Å². The van der Waals surface area contributed by atoms with Gasteiger partial charge in [-0.05, 0) is 103 Å². The topological polar surface area (TPSA) is 0 Å². The van der Waals surface area contributed by atoms with Gasteiger partial charge >= 0.3 is 0 Å². The Morgan fingerprint density at radius 1 is 0.132 bits per heavy atom. The van der Waals surface area contributed by atoms with Gasteiger partial charge in [0, 0.05) is 0 Å². The van der Waals surface area contributed by atoms with Crippen molar-refractivity contribution in [1.82, 2.24) is 0 Å². The van der Waals surface area contributed by atoms with E-state index in [1.54, 1.807) is 0 Å². The van der Waals surface area contributed by atoms with E-state index in [1.165, 1.54) is 370 Å². The van der Waals surface area contributed by atoms with Crippen LogP contribution in [0, 0.1) is 0 Å². The maximum Gasteiger partial charge on any atom is 0.0786 e. The third kappa shape index (κ3) is 53.6. The van der Waals surface area contributed by atoms with Gasteiger partial charge in [-0.3, -0.25) is 0 Å². The zero-order valence-corrected chi connectivity index (χ0v) is 49.2. The molecular weight excluding hydrogens is 835 g/mol. The minimum atomic E-state index is 0. The Morgan fingerprint density at radius 2 is 0.221 bits per heavy atom. The summed E-state index contributed by atoms with van der Waals surface area (Å²) < 4.78 is 2.95. The van der Waals surface area contributed by atoms with Crippen molar-refractivity contribution in [3.8, 4) is 0 Å². The lowest BCUT2D eigenvalue weighted by atomic mass is 10.0. The monoisotopic (exact) mass is 971 g/mol. The number of rotatable bonds is 56. The first kappa shape index (κ1) is 74.3. The molecule has 0 aliphatic rings. The molecule has 0 fully saturated rings. The zero-order chi connectivity index (χ0) is 48.6. The van der Waals surface area contributed by atoms with Crippen LogP contribution in [0.1, 0.15) is 364 Å². The maximum atomic E-state index is 2.34. The Bertz CT molecular complexity index is 643. The number of hydrogen-bond donors (Lipinski definition) is 0. The number of unbranched alkanes of at least 4 members (excludes halogenated alkanes) is 40. The molecule has 2 nitrogen and oxygen atoms in total. The molecule has 0 heterocycles. The van der Waals surface area contributed by atoms with E-state index in [2.05, 4.69) is 55.4 Å². The van der Waals surface area contributed by atoms with E-state index >= 15 is 0 Å². The Labute approximate surface area is 432 Å². The lowest BCUT2D eigenvalue weighted by molar-refractivity contribution is -0.929. The van der Waals surface area contributed by atoms with Crippen molar-refractivity contribution in [2.75, 3.05) is 52.4 Å². The van der Waals surface area contributed by atoms with Crippen molar-refractivity contribution in [2.24, 2.45) is 0 Å². The van der Waals surface area contributed by atoms with Crippen LogP contribution in [0.25, 0.3) is 0 Å². The molecule has 0 N–H and O–H groups in total. The summed E-state index contributed by atoms with van der Waals surface area (Å²) >= 11 is 0. The number of quaternary nitrogens is 2. The molecule has 0 saturated heterocycles. The highest BCUT2D eigenvalue weighted by atomic mass is 19.0. The largest absolute Gasteiger partial charge is 1.00 e. The van der Waals surface area contributed by atoms with E-state index in [1.807, 2.05) is 0 Å². The minimum absolute atomic E-state index is 0. The molecule has 0 aromatic rings. The van der Waals surface area contributed by atoms with Crippen LogP contribution in [0.15, 0.2) is 0 Å². The average Bonchev–Trinajstić information content (AvgIpc) is 3.33. The van der Waals surface area contributed by atoms with Crippen LogP contribution in [-0.2, 0) is 0 Å². The highest BCUT2D eigenvalue weighted by molar-refractivity contribution is 4.57. The lowest BCUT2D eigenvalue weighted by Gasteiger charge is -2.40. The molecule has 0 rings (SSSR count). The van der Waals surface area contributed by atoms with Gasteiger partial charge in [-0.1, -0.05) is 261 Å². The highest BCUT2D eigenvalue weighted by Gasteiger charge is 2.27. The summed E-state index contributed by atoms with van der Waals surface area (Å²) in [6, 6.07) is 0. The second-order valence-electron chi connectivity index (χ2n) is 22.6. The highest BCUT2D eigenvalue weighted by Crippen LogP contribution is 2.23. The molecule has 4 heteroatoms. The molecule has 0 atom stereocenters. The van der Waals surface area contributed by atoms with E-state index < -0.39 is 0 Å². The molecule has 0 bridgehead atoms. The van der Waals surface area contributed by atoms with E-state index in [9.17, 15) is 0 Å².